The molecule has 2 N–H and O–H groups in total. The van der Waals surface area contributed by atoms with Crippen molar-refractivity contribution in [1.82, 2.24) is 15.2 Å². The minimum absolute atomic E-state index is 0.196. The van der Waals surface area contributed by atoms with Crippen LogP contribution >= 0.6 is 0 Å². The molecule has 0 aliphatic heterocycles. The van der Waals surface area contributed by atoms with Crippen molar-refractivity contribution in [1.29, 1.82) is 0 Å². The van der Waals surface area contributed by atoms with Crippen molar-refractivity contribution in [2.75, 3.05) is 5.32 Å². The van der Waals surface area contributed by atoms with Gasteiger partial charge in [0.05, 0.1) is 11.7 Å². The SMILES string of the molecule is O=C(Nc1ccc2cn[nH]c2c1)c1ccc2ocnc2c1. The summed E-state index contributed by atoms with van der Waals surface area (Å²) in [5, 5.41) is 10.7. The monoisotopic (exact) mass is 278 g/mol. The first-order valence-corrected chi connectivity index (χ1v) is 6.37. The molecule has 0 spiro atoms. The molecule has 2 heterocycles. The number of H-pyrrole nitrogens is 1. The van der Waals surface area contributed by atoms with E-state index in [1.807, 2.05) is 18.2 Å². The molecule has 0 fully saturated rings. The van der Waals surface area contributed by atoms with Crippen LogP contribution in [0.25, 0.3) is 22.0 Å². The summed E-state index contributed by atoms with van der Waals surface area (Å²) in [6.45, 7) is 0. The zero-order valence-corrected chi connectivity index (χ0v) is 10.8. The number of nitrogens with zero attached hydrogens (tertiary/aromatic N) is 2. The first-order chi connectivity index (χ1) is 10.3. The molecule has 2 aromatic heterocycles. The van der Waals surface area contributed by atoms with Crippen molar-refractivity contribution >= 4 is 33.6 Å². The Hall–Kier alpha value is -3.15. The van der Waals surface area contributed by atoms with Crippen LogP contribution in [0.4, 0.5) is 5.69 Å². The topological polar surface area (TPSA) is 83.8 Å². The van der Waals surface area contributed by atoms with Gasteiger partial charge in [0.2, 0.25) is 0 Å². The van der Waals surface area contributed by atoms with Crippen LogP contribution in [-0.4, -0.2) is 21.1 Å². The molecule has 2 aromatic carbocycles. The van der Waals surface area contributed by atoms with Crippen molar-refractivity contribution in [3.05, 3.63) is 54.6 Å². The van der Waals surface area contributed by atoms with Gasteiger partial charge in [-0.05, 0) is 36.4 Å². The number of fused-ring (bicyclic) bond motifs is 2. The standard InChI is InChI=1S/C15H10N4O2/c20-15(9-2-4-14-13(5-9)16-8-21-14)18-11-3-1-10-7-17-19-12(10)6-11/h1-8H,(H,17,19)(H,18,20). The van der Waals surface area contributed by atoms with E-state index in [4.69, 9.17) is 4.42 Å². The summed E-state index contributed by atoms with van der Waals surface area (Å²) in [5.74, 6) is -0.196. The Morgan fingerprint density at radius 2 is 2.14 bits per heavy atom. The minimum Gasteiger partial charge on any atom is -0.443 e. The van der Waals surface area contributed by atoms with Crippen LogP contribution in [0.5, 0.6) is 0 Å². The van der Waals surface area contributed by atoms with Crippen molar-refractivity contribution in [3.63, 3.8) is 0 Å². The summed E-state index contributed by atoms with van der Waals surface area (Å²) in [4.78, 5) is 16.3. The quantitative estimate of drug-likeness (QED) is 0.590. The maximum Gasteiger partial charge on any atom is 0.255 e. The van der Waals surface area contributed by atoms with Gasteiger partial charge in [0.25, 0.3) is 5.91 Å². The third-order valence-electron chi connectivity index (χ3n) is 3.29. The second-order valence-corrected chi connectivity index (χ2v) is 4.66. The molecule has 0 atom stereocenters. The lowest BCUT2D eigenvalue weighted by Gasteiger charge is -2.05. The average molecular weight is 278 g/mol. The summed E-state index contributed by atoms with van der Waals surface area (Å²) in [6, 6.07) is 10.7. The maximum absolute atomic E-state index is 12.3. The Morgan fingerprint density at radius 3 is 3.10 bits per heavy atom. The largest absolute Gasteiger partial charge is 0.443 e. The van der Waals surface area contributed by atoms with Crippen LogP contribution in [0.2, 0.25) is 0 Å². The number of carbonyl (C=O) groups excluding carboxylic acids is 1. The van der Waals surface area contributed by atoms with Crippen LogP contribution < -0.4 is 5.32 Å². The molecule has 6 nitrogen and oxygen atoms in total. The first kappa shape index (κ1) is 11.7. The van der Waals surface area contributed by atoms with Crippen LogP contribution in [0.15, 0.2) is 53.4 Å². The number of anilines is 1. The number of aromatic nitrogens is 3. The van der Waals surface area contributed by atoms with Crippen molar-refractivity contribution in [3.8, 4) is 0 Å². The molecule has 0 aliphatic carbocycles. The van der Waals surface area contributed by atoms with Crippen molar-refractivity contribution in [2.24, 2.45) is 0 Å². The average Bonchev–Trinajstić information content (AvgIpc) is 3.14. The van der Waals surface area contributed by atoms with E-state index in [9.17, 15) is 4.79 Å². The van der Waals surface area contributed by atoms with Gasteiger partial charge in [-0.25, -0.2) is 4.98 Å². The third kappa shape index (κ3) is 2.02. The lowest BCUT2D eigenvalue weighted by molar-refractivity contribution is 0.102. The van der Waals surface area contributed by atoms with E-state index in [1.54, 1.807) is 24.4 Å². The number of benzene rings is 2. The molecule has 1 amide bonds. The number of aromatic amines is 1. The van der Waals surface area contributed by atoms with Crippen LogP contribution in [-0.2, 0) is 0 Å². The number of hydrogen-bond donors (Lipinski definition) is 2. The highest BCUT2D eigenvalue weighted by molar-refractivity contribution is 6.06. The van der Waals surface area contributed by atoms with E-state index in [0.717, 1.165) is 10.9 Å². The zero-order chi connectivity index (χ0) is 14.2. The fourth-order valence-corrected chi connectivity index (χ4v) is 2.22. The van der Waals surface area contributed by atoms with E-state index >= 15 is 0 Å². The Labute approximate surface area is 118 Å². The van der Waals surface area contributed by atoms with Gasteiger partial charge in [0.1, 0.15) is 5.52 Å². The van der Waals surface area contributed by atoms with Gasteiger partial charge in [-0.15, -0.1) is 0 Å². The molecule has 0 radical (unpaired) electrons. The molecule has 6 heteroatoms. The van der Waals surface area contributed by atoms with E-state index in [0.29, 0.717) is 22.4 Å². The molecule has 0 saturated carbocycles. The Kier molecular flexibility index (Phi) is 2.47. The fourth-order valence-electron chi connectivity index (χ4n) is 2.22. The summed E-state index contributed by atoms with van der Waals surface area (Å²) in [6.07, 6.45) is 3.10. The number of amides is 1. The number of rotatable bonds is 2. The fraction of sp³-hybridized carbons (Fsp3) is 0. The lowest BCUT2D eigenvalue weighted by Crippen LogP contribution is -2.11. The van der Waals surface area contributed by atoms with Crippen molar-refractivity contribution < 1.29 is 9.21 Å². The van der Waals surface area contributed by atoms with Gasteiger partial charge in [0, 0.05) is 16.6 Å². The molecule has 0 unspecified atom stereocenters. The van der Waals surface area contributed by atoms with E-state index in [1.165, 1.54) is 6.39 Å². The highest BCUT2D eigenvalue weighted by Crippen LogP contribution is 2.19. The maximum atomic E-state index is 12.3. The molecule has 4 aromatic rings. The third-order valence-corrected chi connectivity index (χ3v) is 3.29. The smallest absolute Gasteiger partial charge is 0.255 e. The Bertz CT molecular complexity index is 954. The summed E-state index contributed by atoms with van der Waals surface area (Å²) in [5.41, 5.74) is 3.43. The van der Waals surface area contributed by atoms with E-state index in [-0.39, 0.29) is 5.91 Å². The Balaban J connectivity index is 1.64. The number of carbonyl (C=O) groups is 1. The van der Waals surface area contributed by atoms with E-state index in [2.05, 4.69) is 20.5 Å². The normalized spacial score (nSPS) is 11.0. The van der Waals surface area contributed by atoms with Gasteiger partial charge >= 0.3 is 0 Å². The minimum atomic E-state index is -0.196. The second kappa shape index (κ2) is 4.45. The molecule has 0 aliphatic rings. The van der Waals surface area contributed by atoms with Gasteiger partial charge in [0.15, 0.2) is 12.0 Å². The molecular weight excluding hydrogens is 268 g/mol. The molecule has 0 bridgehead atoms. The lowest BCUT2D eigenvalue weighted by atomic mass is 10.2. The van der Waals surface area contributed by atoms with Gasteiger partial charge in [-0.2, -0.15) is 5.10 Å². The molecule has 21 heavy (non-hydrogen) atoms. The van der Waals surface area contributed by atoms with Crippen LogP contribution in [0.1, 0.15) is 10.4 Å². The van der Waals surface area contributed by atoms with Crippen molar-refractivity contribution in [2.45, 2.75) is 0 Å². The number of nitrogens with one attached hydrogen (secondary N) is 2. The second-order valence-electron chi connectivity index (χ2n) is 4.66. The molecular formula is C15H10N4O2. The summed E-state index contributed by atoms with van der Waals surface area (Å²) >= 11 is 0. The Morgan fingerprint density at radius 1 is 1.19 bits per heavy atom. The van der Waals surface area contributed by atoms with Crippen LogP contribution in [0.3, 0.4) is 0 Å². The predicted octanol–water partition coefficient (Wildman–Crippen LogP) is 2.96. The van der Waals surface area contributed by atoms with E-state index < -0.39 is 0 Å². The zero-order valence-electron chi connectivity index (χ0n) is 10.8. The highest BCUT2D eigenvalue weighted by atomic mass is 16.3. The first-order valence-electron chi connectivity index (χ1n) is 6.37. The summed E-state index contributed by atoms with van der Waals surface area (Å²) in [7, 11) is 0. The van der Waals surface area contributed by atoms with Gasteiger partial charge in [-0.1, -0.05) is 0 Å². The number of oxazole rings is 1. The predicted molar refractivity (Wildman–Crippen MR) is 78.1 cm³/mol. The molecule has 0 saturated heterocycles. The van der Waals surface area contributed by atoms with Gasteiger partial charge < -0.3 is 9.73 Å². The number of hydrogen-bond acceptors (Lipinski definition) is 4. The molecule has 4 rings (SSSR count). The van der Waals surface area contributed by atoms with Gasteiger partial charge in [-0.3, -0.25) is 9.89 Å². The van der Waals surface area contributed by atoms with Crippen LogP contribution in [0, 0.1) is 0 Å². The molecule has 102 valence electrons. The summed E-state index contributed by atoms with van der Waals surface area (Å²) < 4.78 is 5.16. The highest BCUT2D eigenvalue weighted by Gasteiger charge is 2.09.